The summed E-state index contributed by atoms with van der Waals surface area (Å²) in [6.07, 6.45) is -0.930. The van der Waals surface area contributed by atoms with Gasteiger partial charge in [0.25, 0.3) is 0 Å². The summed E-state index contributed by atoms with van der Waals surface area (Å²) in [6, 6.07) is 2.66. The maximum absolute atomic E-state index is 13.8. The molecule has 0 aromatic heterocycles. The summed E-state index contributed by atoms with van der Waals surface area (Å²) in [5.74, 6) is -2.04. The molecule has 0 radical (unpaired) electrons. The molecule has 0 heterocycles. The Bertz CT molecular complexity index is 404. The summed E-state index contributed by atoms with van der Waals surface area (Å²) < 4.78 is 37.2. The maximum atomic E-state index is 13.8. The number of rotatable bonds is 8. The summed E-state index contributed by atoms with van der Waals surface area (Å²) in [5.41, 5.74) is 0.499. The molecule has 0 aliphatic heterocycles. The molecule has 0 saturated heterocycles. The third kappa shape index (κ3) is 5.40. The fraction of sp³-hybridized carbons (Fsp3) is 0.571. The molecule has 4 nitrogen and oxygen atoms in total. The Labute approximate surface area is 117 Å². The number of hydrogen-bond acceptors (Lipinski definition) is 4. The van der Waals surface area contributed by atoms with E-state index < -0.39 is 23.5 Å². The van der Waals surface area contributed by atoms with Crippen molar-refractivity contribution in [3.63, 3.8) is 0 Å². The van der Waals surface area contributed by atoms with Crippen molar-refractivity contribution in [3.8, 4) is 5.75 Å². The Morgan fingerprint density at radius 1 is 1.20 bits per heavy atom. The Morgan fingerprint density at radius 3 is 2.30 bits per heavy atom. The van der Waals surface area contributed by atoms with E-state index >= 15 is 0 Å². The zero-order valence-electron chi connectivity index (χ0n) is 12.0. The van der Waals surface area contributed by atoms with Gasteiger partial charge in [-0.2, -0.15) is 0 Å². The Morgan fingerprint density at radius 2 is 1.80 bits per heavy atom. The van der Waals surface area contributed by atoms with Crippen molar-refractivity contribution in [3.05, 3.63) is 29.3 Å². The third-order valence-electron chi connectivity index (χ3n) is 2.55. The quantitative estimate of drug-likeness (QED) is 0.767. The van der Waals surface area contributed by atoms with E-state index in [0.717, 1.165) is 0 Å². The predicted molar refractivity (Wildman–Crippen MR) is 71.7 cm³/mol. The van der Waals surface area contributed by atoms with Crippen LogP contribution in [0.2, 0.25) is 0 Å². The highest BCUT2D eigenvalue weighted by Crippen LogP contribution is 2.23. The van der Waals surface area contributed by atoms with Crippen LogP contribution in [0.4, 0.5) is 8.78 Å². The summed E-state index contributed by atoms with van der Waals surface area (Å²) >= 11 is 0. The molecule has 1 atom stereocenters. The van der Waals surface area contributed by atoms with Crippen molar-refractivity contribution < 1.29 is 23.4 Å². The second-order valence-corrected chi connectivity index (χ2v) is 4.84. The van der Waals surface area contributed by atoms with E-state index in [1.54, 1.807) is 0 Å². The first-order valence-electron chi connectivity index (χ1n) is 6.45. The van der Waals surface area contributed by atoms with Crippen LogP contribution in [0.25, 0.3) is 0 Å². The van der Waals surface area contributed by atoms with Gasteiger partial charge in [-0.25, -0.2) is 8.78 Å². The topological polar surface area (TPSA) is 50.7 Å². The predicted octanol–water partition coefficient (Wildman–Crippen LogP) is 1.85. The van der Waals surface area contributed by atoms with E-state index in [1.165, 1.54) is 19.2 Å². The minimum atomic E-state index is -0.930. The number of nitrogens with one attached hydrogen (secondary N) is 1. The van der Waals surface area contributed by atoms with Crippen molar-refractivity contribution in [1.29, 1.82) is 0 Å². The molecule has 0 bridgehead atoms. The van der Waals surface area contributed by atoms with Crippen LogP contribution in [0.15, 0.2) is 12.1 Å². The van der Waals surface area contributed by atoms with Gasteiger partial charge in [0.15, 0.2) is 17.4 Å². The van der Waals surface area contributed by atoms with Gasteiger partial charge < -0.3 is 19.9 Å². The normalized spacial score (nSPS) is 12.8. The van der Waals surface area contributed by atoms with E-state index in [0.29, 0.717) is 12.1 Å². The Hall–Kier alpha value is -1.24. The number of hydrogen-bond donors (Lipinski definition) is 2. The molecule has 2 N–H and O–H groups in total. The summed E-state index contributed by atoms with van der Waals surface area (Å²) in [6.45, 7) is 4.08. The van der Waals surface area contributed by atoms with E-state index in [-0.39, 0.29) is 19.3 Å². The lowest BCUT2D eigenvalue weighted by Crippen LogP contribution is -2.24. The standard InChI is InChI=1S/C14H21F2NO3/c1-9(2)17-6-10-4-12(15)14(13(16)5-10)20-8-11(18)7-19-3/h4-5,9,11,17-18H,6-8H2,1-3H3. The first-order chi connectivity index (χ1) is 9.43. The highest BCUT2D eigenvalue weighted by molar-refractivity contribution is 5.31. The number of aliphatic hydroxyl groups is 1. The molecule has 0 aliphatic rings. The number of halogens is 2. The first-order valence-corrected chi connectivity index (χ1v) is 6.45. The van der Waals surface area contributed by atoms with Crippen LogP contribution in [-0.4, -0.2) is 37.6 Å². The molecule has 1 unspecified atom stereocenters. The lowest BCUT2D eigenvalue weighted by atomic mass is 10.2. The molecular weight excluding hydrogens is 268 g/mol. The van der Waals surface area contributed by atoms with Crippen LogP contribution in [0.3, 0.4) is 0 Å². The van der Waals surface area contributed by atoms with E-state index in [1.807, 2.05) is 13.8 Å². The number of benzene rings is 1. The minimum Gasteiger partial charge on any atom is -0.485 e. The maximum Gasteiger partial charge on any atom is 0.190 e. The van der Waals surface area contributed by atoms with Crippen molar-refractivity contribution in [1.82, 2.24) is 5.32 Å². The lowest BCUT2D eigenvalue weighted by Gasteiger charge is -2.14. The average molecular weight is 289 g/mol. The molecule has 0 amide bonds. The zero-order valence-corrected chi connectivity index (χ0v) is 12.0. The first kappa shape index (κ1) is 16.8. The molecule has 6 heteroatoms. The van der Waals surface area contributed by atoms with Gasteiger partial charge in [0.05, 0.1) is 6.61 Å². The Balaban J connectivity index is 2.68. The molecule has 114 valence electrons. The largest absolute Gasteiger partial charge is 0.485 e. The molecule has 0 aliphatic carbocycles. The smallest absolute Gasteiger partial charge is 0.190 e. The van der Waals surface area contributed by atoms with Gasteiger partial charge in [0.1, 0.15) is 12.7 Å². The molecule has 1 rings (SSSR count). The SMILES string of the molecule is COCC(O)COc1c(F)cc(CNC(C)C)cc1F. The van der Waals surface area contributed by atoms with Gasteiger partial charge in [-0.15, -0.1) is 0 Å². The molecular formula is C14H21F2NO3. The van der Waals surface area contributed by atoms with Crippen molar-refractivity contribution in [2.24, 2.45) is 0 Å². The highest BCUT2D eigenvalue weighted by atomic mass is 19.1. The Kier molecular flexibility index (Phi) is 6.84. The van der Waals surface area contributed by atoms with Gasteiger partial charge in [0, 0.05) is 19.7 Å². The van der Waals surface area contributed by atoms with Gasteiger partial charge in [0.2, 0.25) is 0 Å². The second-order valence-electron chi connectivity index (χ2n) is 4.84. The van der Waals surface area contributed by atoms with Crippen molar-refractivity contribution in [2.75, 3.05) is 20.3 Å². The van der Waals surface area contributed by atoms with E-state index in [2.05, 4.69) is 5.32 Å². The van der Waals surface area contributed by atoms with Gasteiger partial charge in [-0.3, -0.25) is 0 Å². The van der Waals surface area contributed by atoms with E-state index in [4.69, 9.17) is 9.47 Å². The fourth-order valence-corrected chi connectivity index (χ4v) is 1.59. The number of aliphatic hydroxyl groups excluding tert-OH is 1. The van der Waals surface area contributed by atoms with Crippen molar-refractivity contribution in [2.45, 2.75) is 32.5 Å². The summed E-state index contributed by atoms with van der Waals surface area (Å²) in [4.78, 5) is 0. The van der Waals surface area contributed by atoms with Crippen LogP contribution < -0.4 is 10.1 Å². The van der Waals surface area contributed by atoms with Crippen LogP contribution >= 0.6 is 0 Å². The molecule has 0 saturated carbocycles. The van der Waals surface area contributed by atoms with Crippen molar-refractivity contribution >= 4 is 0 Å². The molecule has 20 heavy (non-hydrogen) atoms. The fourth-order valence-electron chi connectivity index (χ4n) is 1.59. The number of methoxy groups -OCH3 is 1. The van der Waals surface area contributed by atoms with Crippen LogP contribution in [0, 0.1) is 11.6 Å². The van der Waals surface area contributed by atoms with Gasteiger partial charge >= 0.3 is 0 Å². The minimum absolute atomic E-state index is 0.0413. The van der Waals surface area contributed by atoms with E-state index in [9.17, 15) is 13.9 Å². The molecule has 1 aromatic carbocycles. The zero-order chi connectivity index (χ0) is 15.1. The van der Waals surface area contributed by atoms with Gasteiger partial charge in [-0.1, -0.05) is 13.8 Å². The highest BCUT2D eigenvalue weighted by Gasteiger charge is 2.14. The summed E-state index contributed by atoms with van der Waals surface area (Å²) in [7, 11) is 1.42. The molecule has 0 fully saturated rings. The van der Waals surface area contributed by atoms with Crippen LogP contribution in [0.1, 0.15) is 19.4 Å². The molecule has 1 aromatic rings. The summed E-state index contributed by atoms with van der Waals surface area (Å²) in [5, 5.41) is 12.5. The molecule has 0 spiro atoms. The third-order valence-corrected chi connectivity index (χ3v) is 2.55. The van der Waals surface area contributed by atoms with Crippen LogP contribution in [-0.2, 0) is 11.3 Å². The van der Waals surface area contributed by atoms with Crippen LogP contribution in [0.5, 0.6) is 5.75 Å². The number of ether oxygens (including phenoxy) is 2. The van der Waals surface area contributed by atoms with Gasteiger partial charge in [-0.05, 0) is 17.7 Å². The lowest BCUT2D eigenvalue weighted by molar-refractivity contribution is 0.0305. The second kappa shape index (κ2) is 8.14. The monoisotopic (exact) mass is 289 g/mol. The average Bonchev–Trinajstić information content (AvgIpc) is 2.35.